The number of rotatable bonds is 5. The Labute approximate surface area is 84.0 Å². The van der Waals surface area contributed by atoms with Crippen LogP contribution in [0.5, 0.6) is 0 Å². The molecular weight excluding hydrogens is 188 g/mol. The van der Waals surface area contributed by atoms with Crippen LogP contribution in [-0.2, 0) is 9.53 Å². The van der Waals surface area contributed by atoms with E-state index in [2.05, 4.69) is 4.74 Å². The predicted molar refractivity (Wildman–Crippen MR) is 55.5 cm³/mol. The first-order valence-electron chi connectivity index (χ1n) is 4.05. The molecule has 5 heteroatoms. The Morgan fingerprint density at radius 2 is 2.23 bits per heavy atom. The molecule has 1 unspecified atom stereocenters. The molecule has 0 amide bonds. The standard InChI is InChI=1S/C8H16N2O2S/c1-6(8(9)13)10(2)5-4-7(11)12-3/h6H,4-5H2,1-3H3,(H2,9,13). The number of hydrogen-bond acceptors (Lipinski definition) is 4. The van der Waals surface area contributed by atoms with Crippen LogP contribution < -0.4 is 5.73 Å². The molecule has 4 nitrogen and oxygen atoms in total. The maximum atomic E-state index is 10.8. The molecule has 0 fully saturated rings. The van der Waals surface area contributed by atoms with Crippen LogP contribution in [0.3, 0.4) is 0 Å². The minimum atomic E-state index is -0.220. The molecule has 0 aromatic carbocycles. The van der Waals surface area contributed by atoms with Gasteiger partial charge < -0.3 is 10.5 Å². The van der Waals surface area contributed by atoms with Crippen molar-refractivity contribution < 1.29 is 9.53 Å². The van der Waals surface area contributed by atoms with Crippen molar-refractivity contribution in [3.05, 3.63) is 0 Å². The lowest BCUT2D eigenvalue weighted by Crippen LogP contribution is -2.40. The van der Waals surface area contributed by atoms with Gasteiger partial charge >= 0.3 is 5.97 Å². The summed E-state index contributed by atoms with van der Waals surface area (Å²) in [7, 11) is 3.24. The van der Waals surface area contributed by atoms with Crippen molar-refractivity contribution in [3.63, 3.8) is 0 Å². The van der Waals surface area contributed by atoms with Crippen molar-refractivity contribution in [1.29, 1.82) is 0 Å². The van der Waals surface area contributed by atoms with Gasteiger partial charge in [-0.15, -0.1) is 0 Å². The minimum absolute atomic E-state index is 0.0136. The Morgan fingerprint density at radius 3 is 2.62 bits per heavy atom. The Morgan fingerprint density at radius 1 is 1.69 bits per heavy atom. The third-order valence-corrected chi connectivity index (χ3v) is 2.31. The van der Waals surface area contributed by atoms with E-state index in [-0.39, 0.29) is 12.0 Å². The summed E-state index contributed by atoms with van der Waals surface area (Å²) in [6.07, 6.45) is 0.361. The van der Waals surface area contributed by atoms with Crippen molar-refractivity contribution in [3.8, 4) is 0 Å². The molecule has 2 N–H and O–H groups in total. The van der Waals surface area contributed by atoms with Gasteiger partial charge in [-0.2, -0.15) is 0 Å². The summed E-state index contributed by atoms with van der Waals surface area (Å²) in [5.74, 6) is -0.220. The van der Waals surface area contributed by atoms with E-state index in [1.807, 2.05) is 18.9 Å². The van der Waals surface area contributed by atoms with Gasteiger partial charge in [-0.1, -0.05) is 12.2 Å². The molecule has 1 atom stereocenters. The zero-order chi connectivity index (χ0) is 10.4. The smallest absolute Gasteiger partial charge is 0.306 e. The van der Waals surface area contributed by atoms with Crippen LogP contribution in [-0.4, -0.2) is 42.6 Å². The number of methoxy groups -OCH3 is 1. The summed E-state index contributed by atoms with van der Waals surface area (Å²) in [5, 5.41) is 0. The fourth-order valence-corrected chi connectivity index (χ4v) is 0.961. The predicted octanol–water partition coefficient (Wildman–Crippen LogP) is 0.156. The molecule has 13 heavy (non-hydrogen) atoms. The highest BCUT2D eigenvalue weighted by Crippen LogP contribution is 1.97. The Balaban J connectivity index is 3.80. The van der Waals surface area contributed by atoms with Gasteiger partial charge in [-0.05, 0) is 14.0 Å². The second-order valence-corrected chi connectivity index (χ2v) is 3.36. The number of esters is 1. The summed E-state index contributed by atoms with van der Waals surface area (Å²) in [6.45, 7) is 2.50. The Hall–Kier alpha value is -0.680. The van der Waals surface area contributed by atoms with Gasteiger partial charge in [0.1, 0.15) is 0 Å². The molecule has 0 aliphatic carbocycles. The summed E-state index contributed by atoms with van der Waals surface area (Å²) in [6, 6.07) is 0.0136. The third kappa shape index (κ3) is 4.80. The van der Waals surface area contributed by atoms with E-state index < -0.39 is 0 Å². The van der Waals surface area contributed by atoms with Gasteiger partial charge in [-0.3, -0.25) is 9.69 Å². The zero-order valence-corrected chi connectivity index (χ0v) is 9.06. The molecule has 0 heterocycles. The average Bonchev–Trinajstić information content (AvgIpc) is 2.11. The van der Waals surface area contributed by atoms with E-state index in [0.717, 1.165) is 0 Å². The minimum Gasteiger partial charge on any atom is -0.469 e. The van der Waals surface area contributed by atoms with Crippen molar-refractivity contribution in [2.45, 2.75) is 19.4 Å². The molecular formula is C8H16N2O2S. The lowest BCUT2D eigenvalue weighted by atomic mass is 10.3. The van der Waals surface area contributed by atoms with Crippen LogP contribution >= 0.6 is 12.2 Å². The maximum Gasteiger partial charge on any atom is 0.306 e. The van der Waals surface area contributed by atoms with Gasteiger partial charge in [-0.25, -0.2) is 0 Å². The van der Waals surface area contributed by atoms with Gasteiger partial charge in [0.2, 0.25) is 0 Å². The fraction of sp³-hybridized carbons (Fsp3) is 0.750. The van der Waals surface area contributed by atoms with Crippen molar-refractivity contribution in [2.24, 2.45) is 5.73 Å². The highest BCUT2D eigenvalue weighted by molar-refractivity contribution is 7.80. The fourth-order valence-electron chi connectivity index (χ4n) is 0.781. The van der Waals surface area contributed by atoms with Crippen LogP contribution in [0.25, 0.3) is 0 Å². The molecule has 0 spiro atoms. The van der Waals surface area contributed by atoms with Gasteiger partial charge in [0.05, 0.1) is 24.6 Å². The SMILES string of the molecule is COC(=O)CCN(C)C(C)C(N)=S. The monoisotopic (exact) mass is 204 g/mol. The molecule has 0 rings (SSSR count). The number of thiocarbonyl (C=S) groups is 1. The van der Waals surface area contributed by atoms with Gasteiger partial charge in [0, 0.05) is 6.54 Å². The van der Waals surface area contributed by atoms with Crippen molar-refractivity contribution >= 4 is 23.2 Å². The second kappa shape index (κ2) is 5.88. The third-order valence-electron chi connectivity index (χ3n) is 1.97. The lowest BCUT2D eigenvalue weighted by molar-refractivity contribution is -0.140. The number of nitrogens with two attached hydrogens (primary N) is 1. The van der Waals surface area contributed by atoms with Gasteiger partial charge in [0.25, 0.3) is 0 Å². The average molecular weight is 204 g/mol. The molecule has 0 saturated carbocycles. The summed E-state index contributed by atoms with van der Waals surface area (Å²) < 4.78 is 4.51. The molecule has 0 aromatic heterocycles. The summed E-state index contributed by atoms with van der Waals surface area (Å²) in [5.41, 5.74) is 5.45. The van der Waals surface area contributed by atoms with E-state index in [1.54, 1.807) is 0 Å². The zero-order valence-electron chi connectivity index (χ0n) is 8.24. The van der Waals surface area contributed by atoms with E-state index in [1.165, 1.54) is 7.11 Å². The van der Waals surface area contributed by atoms with Crippen LogP contribution in [0.2, 0.25) is 0 Å². The van der Waals surface area contributed by atoms with E-state index in [4.69, 9.17) is 18.0 Å². The van der Waals surface area contributed by atoms with E-state index in [0.29, 0.717) is 18.0 Å². The van der Waals surface area contributed by atoms with Crippen LogP contribution in [0.4, 0.5) is 0 Å². The highest BCUT2D eigenvalue weighted by atomic mass is 32.1. The maximum absolute atomic E-state index is 10.8. The molecule has 0 saturated heterocycles. The van der Waals surface area contributed by atoms with Crippen molar-refractivity contribution in [1.82, 2.24) is 4.90 Å². The number of nitrogens with zero attached hydrogens (tertiary/aromatic N) is 1. The number of likely N-dealkylation sites (N-methyl/N-ethyl adjacent to an activating group) is 1. The first-order chi connectivity index (χ1) is 5.99. The van der Waals surface area contributed by atoms with E-state index >= 15 is 0 Å². The first-order valence-corrected chi connectivity index (χ1v) is 4.46. The van der Waals surface area contributed by atoms with E-state index in [9.17, 15) is 4.79 Å². The topological polar surface area (TPSA) is 55.6 Å². The second-order valence-electron chi connectivity index (χ2n) is 2.89. The number of carbonyl (C=O) groups is 1. The number of carbonyl (C=O) groups excluding carboxylic acids is 1. The number of ether oxygens (including phenoxy) is 1. The molecule has 0 aliphatic rings. The Bertz CT molecular complexity index is 197. The summed E-state index contributed by atoms with van der Waals surface area (Å²) in [4.78, 5) is 13.1. The lowest BCUT2D eigenvalue weighted by Gasteiger charge is -2.22. The molecule has 0 bridgehead atoms. The molecule has 76 valence electrons. The van der Waals surface area contributed by atoms with Crippen LogP contribution in [0.15, 0.2) is 0 Å². The number of hydrogen-bond donors (Lipinski definition) is 1. The van der Waals surface area contributed by atoms with Crippen molar-refractivity contribution in [2.75, 3.05) is 20.7 Å². The molecule has 0 radical (unpaired) electrons. The normalized spacial score (nSPS) is 12.6. The van der Waals surface area contributed by atoms with Crippen LogP contribution in [0, 0.1) is 0 Å². The van der Waals surface area contributed by atoms with Gasteiger partial charge in [0.15, 0.2) is 0 Å². The first kappa shape index (κ1) is 12.3. The largest absolute Gasteiger partial charge is 0.469 e. The quantitative estimate of drug-likeness (QED) is 0.510. The highest BCUT2D eigenvalue weighted by Gasteiger charge is 2.12. The Kier molecular flexibility index (Phi) is 5.57. The summed E-state index contributed by atoms with van der Waals surface area (Å²) >= 11 is 4.82. The van der Waals surface area contributed by atoms with Crippen LogP contribution in [0.1, 0.15) is 13.3 Å². The molecule has 0 aliphatic heterocycles. The molecule has 0 aromatic rings.